The van der Waals surface area contributed by atoms with Crippen molar-refractivity contribution < 1.29 is 9.13 Å². The monoisotopic (exact) mass is 340 g/mol. The van der Waals surface area contributed by atoms with Gasteiger partial charge < -0.3 is 9.64 Å². The van der Waals surface area contributed by atoms with Crippen LogP contribution in [0, 0.1) is 12.4 Å². The molecule has 1 aliphatic rings. The van der Waals surface area contributed by atoms with Crippen molar-refractivity contribution in [3.8, 4) is 0 Å². The van der Waals surface area contributed by atoms with E-state index in [1.807, 2.05) is 30.3 Å². The van der Waals surface area contributed by atoms with E-state index in [0.717, 1.165) is 36.1 Å². The van der Waals surface area contributed by atoms with Gasteiger partial charge in [0.05, 0.1) is 13.2 Å². The molecule has 0 saturated carbocycles. The zero-order valence-corrected chi connectivity index (χ0v) is 14.1. The Labute approximate surface area is 149 Å². The summed E-state index contributed by atoms with van der Waals surface area (Å²) in [4.78, 5) is 5.65. The number of hydrogen-bond donors (Lipinski definition) is 0. The molecule has 0 N–H and O–H groups in total. The van der Waals surface area contributed by atoms with Crippen LogP contribution in [0.4, 0.5) is 10.1 Å². The van der Waals surface area contributed by atoms with Crippen molar-refractivity contribution in [2.45, 2.75) is 32.5 Å². The molecule has 0 aliphatic carbocycles. The van der Waals surface area contributed by atoms with Crippen molar-refractivity contribution in [3.05, 3.63) is 76.4 Å². The van der Waals surface area contributed by atoms with Crippen LogP contribution in [-0.4, -0.2) is 25.5 Å². The summed E-state index contributed by atoms with van der Waals surface area (Å²) < 4.78 is 19.6. The quantitative estimate of drug-likeness (QED) is 0.702. The number of halogens is 1. The van der Waals surface area contributed by atoms with Crippen molar-refractivity contribution >= 4 is 5.69 Å². The Morgan fingerprint density at radius 1 is 1.20 bits per heavy atom. The molecule has 0 bridgehead atoms. The van der Waals surface area contributed by atoms with Crippen LogP contribution < -0.4 is 0 Å². The lowest BCUT2D eigenvalue weighted by atomic mass is 9.82. The highest BCUT2D eigenvalue weighted by Gasteiger charge is 2.41. The lowest BCUT2D eigenvalue weighted by molar-refractivity contribution is -0.0140. The molecule has 1 aliphatic heterocycles. The SMILES string of the molecule is C.[C-]#[N+]c1ccc2c(c1)COC2(CCCN(C)C)c1ccc(F)cc1. The average molecular weight is 340 g/mol. The van der Waals surface area contributed by atoms with Crippen LogP contribution in [0.25, 0.3) is 4.85 Å². The maximum Gasteiger partial charge on any atom is 0.187 e. The van der Waals surface area contributed by atoms with Crippen LogP contribution in [0.2, 0.25) is 0 Å². The molecule has 4 heteroatoms. The first-order chi connectivity index (χ1) is 11.5. The highest BCUT2D eigenvalue weighted by molar-refractivity contribution is 5.54. The normalized spacial score (nSPS) is 18.5. The number of ether oxygens (including phenoxy) is 1. The number of nitrogens with zero attached hydrogens (tertiary/aromatic N) is 2. The highest BCUT2D eigenvalue weighted by atomic mass is 19.1. The van der Waals surface area contributed by atoms with Crippen molar-refractivity contribution in [2.24, 2.45) is 0 Å². The first-order valence-corrected chi connectivity index (χ1v) is 8.11. The van der Waals surface area contributed by atoms with Gasteiger partial charge >= 0.3 is 0 Å². The van der Waals surface area contributed by atoms with Gasteiger partial charge in [-0.25, -0.2) is 9.24 Å². The first-order valence-electron chi connectivity index (χ1n) is 8.11. The molecule has 2 aromatic rings. The van der Waals surface area contributed by atoms with Crippen LogP contribution in [0.1, 0.15) is 37.0 Å². The summed E-state index contributed by atoms with van der Waals surface area (Å²) in [5.41, 5.74) is 3.19. The van der Waals surface area contributed by atoms with Crippen molar-refractivity contribution in [2.75, 3.05) is 20.6 Å². The number of hydrogen-bond acceptors (Lipinski definition) is 2. The third-order valence-electron chi connectivity index (χ3n) is 4.57. The Morgan fingerprint density at radius 3 is 2.56 bits per heavy atom. The predicted molar refractivity (Wildman–Crippen MR) is 99.2 cm³/mol. The average Bonchev–Trinajstić information content (AvgIpc) is 2.94. The minimum absolute atomic E-state index is 0. The molecule has 2 aromatic carbocycles. The molecule has 132 valence electrons. The first kappa shape index (κ1) is 19.1. The zero-order valence-electron chi connectivity index (χ0n) is 14.1. The van der Waals surface area contributed by atoms with Crippen molar-refractivity contribution in [1.82, 2.24) is 4.90 Å². The largest absolute Gasteiger partial charge is 0.361 e. The molecule has 0 saturated heterocycles. The molecule has 3 rings (SSSR count). The van der Waals surface area contributed by atoms with E-state index in [0.29, 0.717) is 12.3 Å². The van der Waals surface area contributed by atoms with E-state index in [1.165, 1.54) is 12.1 Å². The smallest absolute Gasteiger partial charge is 0.187 e. The van der Waals surface area contributed by atoms with Gasteiger partial charge in [0.25, 0.3) is 0 Å². The second kappa shape index (κ2) is 7.77. The molecule has 25 heavy (non-hydrogen) atoms. The fraction of sp³-hybridized carbons (Fsp3) is 0.381. The lowest BCUT2D eigenvalue weighted by Gasteiger charge is -2.31. The summed E-state index contributed by atoms with van der Waals surface area (Å²) in [5, 5.41) is 0. The van der Waals surface area contributed by atoms with Crippen LogP contribution in [0.5, 0.6) is 0 Å². The van der Waals surface area contributed by atoms with Crippen molar-refractivity contribution in [1.29, 1.82) is 0 Å². The molecular formula is C21H25FN2O. The standard InChI is InChI=1S/C20H21FN2O.CH4/c1-22-18-9-10-19-15(13-18)14-24-20(19,11-4-12-23(2)3)16-5-7-17(21)8-6-16;/h5-10,13H,4,11-12,14H2,2-3H3;1H4. The van der Waals surface area contributed by atoms with E-state index in [-0.39, 0.29) is 13.2 Å². The van der Waals surface area contributed by atoms with Gasteiger partial charge in [0.15, 0.2) is 5.69 Å². The fourth-order valence-electron chi connectivity index (χ4n) is 3.40. The molecular weight excluding hydrogens is 315 g/mol. The molecule has 1 heterocycles. The summed E-state index contributed by atoms with van der Waals surface area (Å²) in [6, 6.07) is 12.3. The summed E-state index contributed by atoms with van der Waals surface area (Å²) in [6.07, 6.45) is 1.79. The van der Waals surface area contributed by atoms with Gasteiger partial charge in [-0.1, -0.05) is 37.8 Å². The lowest BCUT2D eigenvalue weighted by Crippen LogP contribution is -2.28. The van der Waals surface area contributed by atoms with E-state index < -0.39 is 5.60 Å². The Kier molecular flexibility index (Phi) is 5.94. The minimum Gasteiger partial charge on any atom is -0.361 e. The number of rotatable bonds is 5. The van der Waals surface area contributed by atoms with Crippen LogP contribution in [0.15, 0.2) is 42.5 Å². The highest BCUT2D eigenvalue weighted by Crippen LogP contribution is 2.46. The summed E-state index contributed by atoms with van der Waals surface area (Å²) in [5.74, 6) is -0.247. The van der Waals surface area contributed by atoms with Gasteiger partial charge in [0.2, 0.25) is 0 Å². The topological polar surface area (TPSA) is 16.8 Å². The Morgan fingerprint density at radius 2 is 1.92 bits per heavy atom. The molecule has 0 aromatic heterocycles. The minimum atomic E-state index is -0.556. The van der Waals surface area contributed by atoms with Crippen LogP contribution in [0.3, 0.4) is 0 Å². The molecule has 1 unspecified atom stereocenters. The van der Waals surface area contributed by atoms with Gasteiger partial charge in [-0.05, 0) is 62.3 Å². The molecule has 0 radical (unpaired) electrons. The van der Waals surface area contributed by atoms with E-state index in [2.05, 4.69) is 23.8 Å². The Bertz CT molecular complexity index is 764. The van der Waals surface area contributed by atoms with E-state index in [4.69, 9.17) is 11.3 Å². The third kappa shape index (κ3) is 3.73. The summed E-state index contributed by atoms with van der Waals surface area (Å²) in [7, 11) is 4.10. The number of fused-ring (bicyclic) bond motifs is 1. The molecule has 0 amide bonds. The predicted octanol–water partition coefficient (Wildman–Crippen LogP) is 5.13. The van der Waals surface area contributed by atoms with Gasteiger partial charge in [-0.3, -0.25) is 0 Å². The van der Waals surface area contributed by atoms with Gasteiger partial charge in [-0.2, -0.15) is 0 Å². The van der Waals surface area contributed by atoms with Gasteiger partial charge in [0, 0.05) is 0 Å². The molecule has 1 atom stereocenters. The third-order valence-corrected chi connectivity index (χ3v) is 4.57. The second-order valence-corrected chi connectivity index (χ2v) is 6.48. The molecule has 3 nitrogen and oxygen atoms in total. The maximum absolute atomic E-state index is 13.4. The number of benzene rings is 2. The summed E-state index contributed by atoms with van der Waals surface area (Å²) in [6.45, 7) is 8.63. The van der Waals surface area contributed by atoms with Crippen LogP contribution in [-0.2, 0) is 16.9 Å². The van der Waals surface area contributed by atoms with Crippen LogP contribution >= 0.6 is 0 Å². The maximum atomic E-state index is 13.4. The van der Waals surface area contributed by atoms with Gasteiger partial charge in [0.1, 0.15) is 11.4 Å². The second-order valence-electron chi connectivity index (χ2n) is 6.48. The molecule has 0 spiro atoms. The van der Waals surface area contributed by atoms with E-state index >= 15 is 0 Å². The van der Waals surface area contributed by atoms with E-state index in [9.17, 15) is 4.39 Å². The fourth-order valence-corrected chi connectivity index (χ4v) is 3.40. The zero-order chi connectivity index (χ0) is 17.2. The van der Waals surface area contributed by atoms with Crippen molar-refractivity contribution in [3.63, 3.8) is 0 Å². The summed E-state index contributed by atoms with van der Waals surface area (Å²) >= 11 is 0. The van der Waals surface area contributed by atoms with Gasteiger partial charge in [-0.15, -0.1) is 0 Å². The Hall–Kier alpha value is -2.22. The van der Waals surface area contributed by atoms with E-state index in [1.54, 1.807) is 0 Å². The Balaban J connectivity index is 0.00000225. The molecule has 0 fully saturated rings.